The van der Waals surface area contributed by atoms with E-state index in [-0.39, 0.29) is 0 Å². The molecule has 2 nitrogen and oxygen atoms in total. The number of hydrogen-bond acceptors (Lipinski definition) is 4. The summed E-state index contributed by atoms with van der Waals surface area (Å²) in [6, 6.07) is 2.26. The van der Waals surface area contributed by atoms with E-state index in [0.29, 0.717) is 0 Å². The number of aryl methyl sites for hydroxylation is 2. The average molecular weight is 238 g/mol. The van der Waals surface area contributed by atoms with Crippen LogP contribution in [0.15, 0.2) is 17.0 Å². The van der Waals surface area contributed by atoms with Crippen molar-refractivity contribution >= 4 is 22.7 Å². The minimum absolute atomic E-state index is 0.859. The van der Waals surface area contributed by atoms with E-state index >= 15 is 0 Å². The molecule has 2 heterocycles. The lowest BCUT2D eigenvalue weighted by molar-refractivity contribution is 0.682. The molecule has 0 aromatic carbocycles. The van der Waals surface area contributed by atoms with Gasteiger partial charge in [-0.15, -0.1) is 22.7 Å². The van der Waals surface area contributed by atoms with Gasteiger partial charge in [0.1, 0.15) is 0 Å². The molecular weight excluding hydrogens is 224 g/mol. The normalized spacial score (nSPS) is 10.8. The van der Waals surface area contributed by atoms with Gasteiger partial charge in [-0.25, -0.2) is 4.98 Å². The highest BCUT2D eigenvalue weighted by molar-refractivity contribution is 7.12. The predicted molar refractivity (Wildman–Crippen MR) is 66.5 cm³/mol. The molecule has 0 saturated heterocycles. The summed E-state index contributed by atoms with van der Waals surface area (Å²) in [5, 5.41) is 5.49. The number of nitrogens with one attached hydrogen (secondary N) is 1. The first kappa shape index (κ1) is 10.8. The molecule has 0 saturated carbocycles. The summed E-state index contributed by atoms with van der Waals surface area (Å²) in [5.74, 6) is 0. The maximum absolute atomic E-state index is 4.23. The Morgan fingerprint density at radius 3 is 2.80 bits per heavy atom. The van der Waals surface area contributed by atoms with Gasteiger partial charge in [-0.1, -0.05) is 0 Å². The van der Waals surface area contributed by atoms with Gasteiger partial charge < -0.3 is 5.32 Å². The summed E-state index contributed by atoms with van der Waals surface area (Å²) in [4.78, 5) is 7.04. The Morgan fingerprint density at radius 1 is 1.33 bits per heavy atom. The number of thiazole rings is 1. The monoisotopic (exact) mass is 238 g/mol. The lowest BCUT2D eigenvalue weighted by atomic mass is 10.2. The second-order valence-electron chi connectivity index (χ2n) is 3.52. The molecule has 0 unspecified atom stereocenters. The molecule has 15 heavy (non-hydrogen) atoms. The molecule has 0 bridgehead atoms. The Bertz CT molecular complexity index is 418. The minimum atomic E-state index is 0.859. The van der Waals surface area contributed by atoms with Crippen LogP contribution >= 0.6 is 22.7 Å². The van der Waals surface area contributed by atoms with Crippen LogP contribution in [0.5, 0.6) is 0 Å². The maximum atomic E-state index is 4.23. The topological polar surface area (TPSA) is 24.9 Å². The Labute approximate surface area is 98.0 Å². The molecular formula is C11H14N2S2. The van der Waals surface area contributed by atoms with Crippen LogP contribution in [0.4, 0.5) is 0 Å². The first-order chi connectivity index (χ1) is 7.25. The van der Waals surface area contributed by atoms with Gasteiger partial charge in [0.2, 0.25) is 0 Å². The average Bonchev–Trinajstić information content (AvgIpc) is 2.77. The zero-order valence-corrected chi connectivity index (χ0v) is 10.5. The molecule has 0 fully saturated rings. The first-order valence-corrected chi connectivity index (χ1v) is 6.65. The van der Waals surface area contributed by atoms with Crippen LogP contribution in [0, 0.1) is 13.8 Å². The Morgan fingerprint density at radius 2 is 2.20 bits per heavy atom. The SMILES string of the molecule is Cc1cc(CNCc2cscn2)c(C)s1. The second-order valence-corrected chi connectivity index (χ2v) is 5.70. The minimum Gasteiger partial charge on any atom is -0.307 e. The van der Waals surface area contributed by atoms with Gasteiger partial charge in [0.15, 0.2) is 0 Å². The van der Waals surface area contributed by atoms with Crippen LogP contribution in [0.1, 0.15) is 21.0 Å². The fourth-order valence-corrected chi connectivity index (χ4v) is 3.01. The molecule has 0 amide bonds. The maximum Gasteiger partial charge on any atom is 0.0795 e. The smallest absolute Gasteiger partial charge is 0.0795 e. The van der Waals surface area contributed by atoms with Crippen LogP contribution in [-0.2, 0) is 13.1 Å². The zero-order valence-electron chi connectivity index (χ0n) is 8.91. The van der Waals surface area contributed by atoms with Crippen molar-refractivity contribution in [3.8, 4) is 0 Å². The number of rotatable bonds is 4. The van der Waals surface area contributed by atoms with E-state index < -0.39 is 0 Å². The summed E-state index contributed by atoms with van der Waals surface area (Å²) in [6.07, 6.45) is 0. The molecule has 0 spiro atoms. The van der Waals surface area contributed by atoms with Crippen molar-refractivity contribution in [2.24, 2.45) is 0 Å². The van der Waals surface area contributed by atoms with Crippen LogP contribution in [0.2, 0.25) is 0 Å². The van der Waals surface area contributed by atoms with Gasteiger partial charge in [-0.05, 0) is 25.5 Å². The molecule has 0 aliphatic carbocycles. The molecule has 0 radical (unpaired) electrons. The molecule has 0 aliphatic heterocycles. The lowest BCUT2D eigenvalue weighted by Crippen LogP contribution is -2.12. The number of thiophene rings is 1. The highest BCUT2D eigenvalue weighted by atomic mass is 32.1. The van der Waals surface area contributed by atoms with Gasteiger partial charge in [0, 0.05) is 28.2 Å². The van der Waals surface area contributed by atoms with Gasteiger partial charge in [-0.2, -0.15) is 0 Å². The van der Waals surface area contributed by atoms with Crippen molar-refractivity contribution < 1.29 is 0 Å². The van der Waals surface area contributed by atoms with Crippen LogP contribution < -0.4 is 5.32 Å². The number of hydrogen-bond donors (Lipinski definition) is 1. The molecule has 80 valence electrons. The second kappa shape index (κ2) is 4.88. The largest absolute Gasteiger partial charge is 0.307 e. The zero-order chi connectivity index (χ0) is 10.7. The van der Waals surface area contributed by atoms with Gasteiger partial charge in [0.05, 0.1) is 11.2 Å². The van der Waals surface area contributed by atoms with E-state index in [1.165, 1.54) is 15.3 Å². The third-order valence-electron chi connectivity index (χ3n) is 2.25. The van der Waals surface area contributed by atoms with Crippen molar-refractivity contribution in [2.45, 2.75) is 26.9 Å². The molecule has 0 aliphatic rings. The third-order valence-corrected chi connectivity index (χ3v) is 3.89. The quantitative estimate of drug-likeness (QED) is 0.885. The van der Waals surface area contributed by atoms with Crippen LogP contribution in [-0.4, -0.2) is 4.98 Å². The fraction of sp³-hybridized carbons (Fsp3) is 0.364. The summed E-state index contributed by atoms with van der Waals surface area (Å²) in [6.45, 7) is 6.13. The summed E-state index contributed by atoms with van der Waals surface area (Å²) < 4.78 is 0. The first-order valence-electron chi connectivity index (χ1n) is 4.89. The van der Waals surface area contributed by atoms with Crippen LogP contribution in [0.25, 0.3) is 0 Å². The van der Waals surface area contributed by atoms with Gasteiger partial charge in [0.25, 0.3) is 0 Å². The molecule has 1 N–H and O–H groups in total. The van der Waals surface area contributed by atoms with Crippen molar-refractivity contribution in [1.29, 1.82) is 0 Å². The molecule has 2 aromatic heterocycles. The molecule has 2 aromatic rings. The van der Waals surface area contributed by atoms with Crippen molar-refractivity contribution in [3.63, 3.8) is 0 Å². The fourth-order valence-electron chi connectivity index (χ4n) is 1.51. The number of nitrogens with zero attached hydrogens (tertiary/aromatic N) is 1. The predicted octanol–water partition coefficient (Wildman–Crippen LogP) is 3.11. The summed E-state index contributed by atoms with van der Waals surface area (Å²) in [7, 11) is 0. The summed E-state index contributed by atoms with van der Waals surface area (Å²) in [5.41, 5.74) is 4.41. The van der Waals surface area contributed by atoms with Crippen molar-refractivity contribution in [3.05, 3.63) is 38.0 Å². The van der Waals surface area contributed by atoms with Crippen molar-refractivity contribution in [2.75, 3.05) is 0 Å². The van der Waals surface area contributed by atoms with E-state index in [4.69, 9.17) is 0 Å². The lowest BCUT2D eigenvalue weighted by Gasteiger charge is -2.01. The molecule has 0 atom stereocenters. The van der Waals surface area contributed by atoms with E-state index in [9.17, 15) is 0 Å². The van der Waals surface area contributed by atoms with Crippen LogP contribution in [0.3, 0.4) is 0 Å². The molecule has 4 heteroatoms. The Balaban J connectivity index is 1.86. The third kappa shape index (κ3) is 2.87. The highest BCUT2D eigenvalue weighted by Crippen LogP contribution is 2.20. The Hall–Kier alpha value is -0.710. The standard InChI is InChI=1S/C11H14N2S2/c1-8-3-10(9(2)15-8)4-12-5-11-6-14-7-13-11/h3,6-7,12H,4-5H2,1-2H3. The highest BCUT2D eigenvalue weighted by Gasteiger charge is 2.02. The van der Waals surface area contributed by atoms with E-state index in [1.54, 1.807) is 11.3 Å². The van der Waals surface area contributed by atoms with Crippen molar-refractivity contribution in [1.82, 2.24) is 10.3 Å². The van der Waals surface area contributed by atoms with Gasteiger partial charge in [-0.3, -0.25) is 0 Å². The molecule has 2 rings (SSSR count). The number of aromatic nitrogens is 1. The Kier molecular flexibility index (Phi) is 3.51. The van der Waals surface area contributed by atoms with E-state index in [0.717, 1.165) is 18.8 Å². The van der Waals surface area contributed by atoms with E-state index in [2.05, 4.69) is 35.6 Å². The van der Waals surface area contributed by atoms with E-state index in [1.807, 2.05) is 16.8 Å². The van der Waals surface area contributed by atoms with Gasteiger partial charge >= 0.3 is 0 Å². The summed E-state index contributed by atoms with van der Waals surface area (Å²) >= 11 is 3.51.